The summed E-state index contributed by atoms with van der Waals surface area (Å²) < 4.78 is 7.18. The SMILES string of the molecule is O=C(Nc1ccc2c(c1)CCC2)c1ccn(COc2ccccc2Cl)n1. The van der Waals surface area contributed by atoms with E-state index >= 15 is 0 Å². The number of anilines is 1. The van der Waals surface area contributed by atoms with Crippen molar-refractivity contribution in [2.75, 3.05) is 5.32 Å². The zero-order valence-corrected chi connectivity index (χ0v) is 14.9. The van der Waals surface area contributed by atoms with Gasteiger partial charge in [-0.2, -0.15) is 5.10 Å². The highest BCUT2D eigenvalue weighted by Crippen LogP contribution is 2.25. The van der Waals surface area contributed by atoms with Gasteiger partial charge in [-0.15, -0.1) is 0 Å². The molecule has 0 saturated carbocycles. The summed E-state index contributed by atoms with van der Waals surface area (Å²) in [5.74, 6) is 0.341. The van der Waals surface area contributed by atoms with Crippen LogP contribution in [0.4, 0.5) is 5.69 Å². The summed E-state index contributed by atoms with van der Waals surface area (Å²) in [5, 5.41) is 7.70. The third kappa shape index (κ3) is 3.58. The monoisotopic (exact) mass is 367 g/mol. The van der Waals surface area contributed by atoms with E-state index in [9.17, 15) is 4.79 Å². The van der Waals surface area contributed by atoms with Crippen molar-refractivity contribution in [1.29, 1.82) is 0 Å². The van der Waals surface area contributed by atoms with E-state index in [1.54, 1.807) is 29.1 Å². The average molecular weight is 368 g/mol. The number of hydrogen-bond donors (Lipinski definition) is 1. The Morgan fingerprint density at radius 1 is 1.15 bits per heavy atom. The van der Waals surface area contributed by atoms with Gasteiger partial charge >= 0.3 is 0 Å². The van der Waals surface area contributed by atoms with Gasteiger partial charge in [0.15, 0.2) is 12.4 Å². The van der Waals surface area contributed by atoms with Gasteiger partial charge in [0.25, 0.3) is 5.91 Å². The minimum absolute atomic E-state index is 0.176. The van der Waals surface area contributed by atoms with Crippen LogP contribution in [-0.2, 0) is 19.6 Å². The number of hydrogen-bond acceptors (Lipinski definition) is 3. The number of halogens is 1. The lowest BCUT2D eigenvalue weighted by molar-refractivity contribution is 0.102. The van der Waals surface area contributed by atoms with Crippen LogP contribution in [-0.4, -0.2) is 15.7 Å². The first kappa shape index (κ1) is 16.7. The molecule has 4 rings (SSSR count). The molecular formula is C20H18ClN3O2. The van der Waals surface area contributed by atoms with Crippen LogP contribution in [0.15, 0.2) is 54.7 Å². The quantitative estimate of drug-likeness (QED) is 0.730. The van der Waals surface area contributed by atoms with Crippen LogP contribution < -0.4 is 10.1 Å². The van der Waals surface area contributed by atoms with Crippen molar-refractivity contribution < 1.29 is 9.53 Å². The van der Waals surface area contributed by atoms with E-state index in [0.29, 0.717) is 16.5 Å². The van der Waals surface area contributed by atoms with E-state index in [1.807, 2.05) is 18.2 Å². The van der Waals surface area contributed by atoms with Gasteiger partial charge in [-0.25, -0.2) is 4.68 Å². The Kier molecular flexibility index (Phi) is 4.63. The predicted octanol–water partition coefficient (Wildman–Crippen LogP) is 4.31. The van der Waals surface area contributed by atoms with E-state index in [2.05, 4.69) is 22.5 Å². The van der Waals surface area contributed by atoms with Crippen molar-refractivity contribution in [1.82, 2.24) is 9.78 Å². The van der Waals surface area contributed by atoms with E-state index in [4.69, 9.17) is 16.3 Å². The molecule has 1 aromatic heterocycles. The molecule has 1 aliphatic rings. The summed E-state index contributed by atoms with van der Waals surface area (Å²) in [4.78, 5) is 12.4. The molecule has 0 aliphatic heterocycles. The molecule has 0 atom stereocenters. The molecule has 132 valence electrons. The first-order valence-electron chi connectivity index (χ1n) is 8.53. The minimum Gasteiger partial charge on any atom is -0.470 e. The Labute approximate surface area is 156 Å². The fraction of sp³-hybridized carbons (Fsp3) is 0.200. The van der Waals surface area contributed by atoms with E-state index in [1.165, 1.54) is 17.5 Å². The lowest BCUT2D eigenvalue weighted by Crippen LogP contribution is -2.14. The van der Waals surface area contributed by atoms with Gasteiger partial charge < -0.3 is 10.1 Å². The number of benzene rings is 2. The molecule has 6 heteroatoms. The Morgan fingerprint density at radius 3 is 2.88 bits per heavy atom. The van der Waals surface area contributed by atoms with Crippen LogP contribution in [0.25, 0.3) is 0 Å². The largest absolute Gasteiger partial charge is 0.470 e. The maximum atomic E-state index is 12.4. The third-order valence-electron chi connectivity index (χ3n) is 4.42. The van der Waals surface area contributed by atoms with Crippen molar-refractivity contribution in [3.63, 3.8) is 0 Å². The molecule has 2 aromatic carbocycles. The molecule has 0 unspecified atom stereocenters. The fourth-order valence-corrected chi connectivity index (χ4v) is 3.29. The van der Waals surface area contributed by atoms with Gasteiger partial charge in [-0.05, 0) is 60.7 Å². The number of nitrogens with one attached hydrogen (secondary N) is 1. The van der Waals surface area contributed by atoms with Crippen molar-refractivity contribution >= 4 is 23.2 Å². The van der Waals surface area contributed by atoms with Crippen molar-refractivity contribution in [2.45, 2.75) is 26.0 Å². The number of amides is 1. The molecule has 0 saturated heterocycles. The van der Waals surface area contributed by atoms with Crippen LogP contribution in [0.5, 0.6) is 5.75 Å². The summed E-state index contributed by atoms with van der Waals surface area (Å²) in [7, 11) is 0. The van der Waals surface area contributed by atoms with Gasteiger partial charge in [-0.3, -0.25) is 4.79 Å². The number of aryl methyl sites for hydroxylation is 2. The summed E-state index contributed by atoms with van der Waals surface area (Å²) in [6, 6.07) is 15.0. The number of ether oxygens (including phenoxy) is 1. The van der Waals surface area contributed by atoms with Crippen molar-refractivity contribution in [3.8, 4) is 5.75 Å². The van der Waals surface area contributed by atoms with E-state index in [-0.39, 0.29) is 12.6 Å². The number of carbonyl (C=O) groups excluding carboxylic acids is 1. The second-order valence-corrected chi connectivity index (χ2v) is 6.64. The predicted molar refractivity (Wildman–Crippen MR) is 101 cm³/mol. The standard InChI is InChI=1S/C20H18ClN3O2/c21-17-6-1-2-7-19(17)26-13-24-11-10-18(23-24)20(25)22-16-9-8-14-4-3-5-15(14)12-16/h1-2,6-12H,3-5,13H2,(H,22,25). The van der Waals surface area contributed by atoms with Crippen LogP contribution in [0.3, 0.4) is 0 Å². The molecule has 0 bridgehead atoms. The molecule has 0 fully saturated rings. The van der Waals surface area contributed by atoms with Crippen LogP contribution in [0, 0.1) is 0 Å². The van der Waals surface area contributed by atoms with E-state index < -0.39 is 0 Å². The van der Waals surface area contributed by atoms with Gasteiger partial charge in [0.05, 0.1) is 5.02 Å². The molecule has 5 nitrogen and oxygen atoms in total. The first-order chi connectivity index (χ1) is 12.7. The van der Waals surface area contributed by atoms with Crippen LogP contribution in [0.2, 0.25) is 5.02 Å². The lowest BCUT2D eigenvalue weighted by Gasteiger charge is -2.08. The number of nitrogens with zero attached hydrogens (tertiary/aromatic N) is 2. The molecule has 1 amide bonds. The van der Waals surface area contributed by atoms with Crippen molar-refractivity contribution in [2.24, 2.45) is 0 Å². The van der Waals surface area contributed by atoms with Gasteiger partial charge in [-0.1, -0.05) is 29.8 Å². The molecule has 1 heterocycles. The molecular weight excluding hydrogens is 350 g/mol. The Balaban J connectivity index is 1.39. The molecule has 26 heavy (non-hydrogen) atoms. The number of fused-ring (bicyclic) bond motifs is 1. The maximum Gasteiger partial charge on any atom is 0.276 e. The normalized spacial score (nSPS) is 12.7. The van der Waals surface area contributed by atoms with E-state index in [0.717, 1.165) is 18.5 Å². The summed E-state index contributed by atoms with van der Waals surface area (Å²) >= 11 is 6.06. The Bertz CT molecular complexity index is 952. The molecule has 1 aliphatic carbocycles. The van der Waals surface area contributed by atoms with Gasteiger partial charge in [0.1, 0.15) is 5.75 Å². The topological polar surface area (TPSA) is 56.2 Å². The zero-order chi connectivity index (χ0) is 17.9. The van der Waals surface area contributed by atoms with Crippen LogP contribution >= 0.6 is 11.6 Å². The molecule has 0 spiro atoms. The number of rotatable bonds is 5. The zero-order valence-electron chi connectivity index (χ0n) is 14.1. The second-order valence-electron chi connectivity index (χ2n) is 6.24. The number of para-hydroxylation sites is 1. The summed E-state index contributed by atoms with van der Waals surface area (Å²) in [6.45, 7) is 0.176. The van der Waals surface area contributed by atoms with Gasteiger partial charge in [0, 0.05) is 11.9 Å². The smallest absolute Gasteiger partial charge is 0.276 e. The lowest BCUT2D eigenvalue weighted by atomic mass is 10.1. The second kappa shape index (κ2) is 7.22. The highest BCUT2D eigenvalue weighted by Gasteiger charge is 2.14. The highest BCUT2D eigenvalue weighted by molar-refractivity contribution is 6.32. The average Bonchev–Trinajstić information content (AvgIpc) is 3.30. The first-order valence-corrected chi connectivity index (χ1v) is 8.91. The Morgan fingerprint density at radius 2 is 2.00 bits per heavy atom. The highest BCUT2D eigenvalue weighted by atomic mass is 35.5. The summed E-state index contributed by atoms with van der Waals surface area (Å²) in [6.07, 6.45) is 5.09. The minimum atomic E-state index is -0.237. The fourth-order valence-electron chi connectivity index (χ4n) is 3.10. The van der Waals surface area contributed by atoms with Crippen LogP contribution in [0.1, 0.15) is 28.0 Å². The Hall–Kier alpha value is -2.79. The molecule has 1 N–H and O–H groups in total. The third-order valence-corrected chi connectivity index (χ3v) is 4.73. The number of carbonyl (C=O) groups is 1. The molecule has 0 radical (unpaired) electrons. The molecule has 3 aromatic rings. The van der Waals surface area contributed by atoms with Gasteiger partial charge in [0.2, 0.25) is 0 Å². The van der Waals surface area contributed by atoms with Crippen molar-refractivity contribution in [3.05, 3.63) is 76.6 Å². The summed E-state index contributed by atoms with van der Waals surface area (Å²) in [5.41, 5.74) is 3.84. The number of aromatic nitrogens is 2. The maximum absolute atomic E-state index is 12.4.